The van der Waals surface area contributed by atoms with Crippen molar-refractivity contribution < 1.29 is 4.79 Å². The molecule has 1 saturated heterocycles. The van der Waals surface area contributed by atoms with Crippen molar-refractivity contribution in [2.45, 2.75) is 13.8 Å². The zero-order chi connectivity index (χ0) is 20.2. The first-order valence-electron chi connectivity index (χ1n) is 10.00. The maximum atomic E-state index is 13.0. The Morgan fingerprint density at radius 3 is 2.45 bits per heavy atom. The van der Waals surface area contributed by atoms with Gasteiger partial charge in [-0.15, -0.1) is 0 Å². The average Bonchev–Trinajstić information content (AvgIpc) is 2.77. The van der Waals surface area contributed by atoms with Gasteiger partial charge in [0, 0.05) is 49.3 Å². The van der Waals surface area contributed by atoms with Crippen LogP contribution in [0, 0.1) is 13.8 Å². The molecule has 0 atom stereocenters. The van der Waals surface area contributed by atoms with Crippen molar-refractivity contribution in [3.05, 3.63) is 83.6 Å². The van der Waals surface area contributed by atoms with Crippen LogP contribution < -0.4 is 10.2 Å². The zero-order valence-corrected chi connectivity index (χ0v) is 16.9. The highest BCUT2D eigenvalue weighted by Gasteiger charge is 2.22. The van der Waals surface area contributed by atoms with Crippen molar-refractivity contribution in [1.29, 1.82) is 0 Å². The van der Waals surface area contributed by atoms with Gasteiger partial charge in [0.05, 0.1) is 0 Å². The van der Waals surface area contributed by atoms with Gasteiger partial charge in [0.15, 0.2) is 0 Å². The van der Waals surface area contributed by atoms with Crippen LogP contribution in [-0.4, -0.2) is 42.0 Å². The molecular weight excluding hydrogens is 360 g/mol. The Labute approximate surface area is 172 Å². The smallest absolute Gasteiger partial charge is 0.254 e. The summed E-state index contributed by atoms with van der Waals surface area (Å²) >= 11 is 0. The lowest BCUT2D eigenvalue weighted by Gasteiger charge is -2.36. The Morgan fingerprint density at radius 2 is 1.69 bits per heavy atom. The molecule has 5 heteroatoms. The molecule has 0 aliphatic carbocycles. The second-order valence-corrected chi connectivity index (χ2v) is 7.49. The zero-order valence-electron chi connectivity index (χ0n) is 16.9. The van der Waals surface area contributed by atoms with E-state index in [1.54, 1.807) is 12.3 Å². The van der Waals surface area contributed by atoms with Gasteiger partial charge in [-0.05, 0) is 55.3 Å². The third-order valence-corrected chi connectivity index (χ3v) is 5.35. The molecule has 29 heavy (non-hydrogen) atoms. The Balaban J connectivity index is 1.43. The molecule has 148 valence electrons. The Bertz CT molecular complexity index is 995. The van der Waals surface area contributed by atoms with Gasteiger partial charge < -0.3 is 15.1 Å². The van der Waals surface area contributed by atoms with Crippen LogP contribution in [0.1, 0.15) is 21.5 Å². The molecule has 1 fully saturated rings. The van der Waals surface area contributed by atoms with Crippen LogP contribution in [0.4, 0.5) is 17.2 Å². The maximum Gasteiger partial charge on any atom is 0.254 e. The van der Waals surface area contributed by atoms with Gasteiger partial charge >= 0.3 is 0 Å². The minimum absolute atomic E-state index is 0.0594. The standard InChI is InChI=1S/C24H26N4O/c1-18-8-9-19(2)22(16-18)26-23-17-20(10-11-25-23)24(29)28-14-12-27(13-15-28)21-6-4-3-5-7-21/h3-11,16-17H,12-15H2,1-2H3,(H,25,26). The number of para-hydroxylation sites is 1. The molecule has 5 nitrogen and oxygen atoms in total. The van der Waals surface area contributed by atoms with Crippen molar-refractivity contribution >= 4 is 23.1 Å². The van der Waals surface area contributed by atoms with Crippen molar-refractivity contribution in [1.82, 2.24) is 9.88 Å². The average molecular weight is 386 g/mol. The third-order valence-electron chi connectivity index (χ3n) is 5.35. The molecule has 0 bridgehead atoms. The first-order valence-corrected chi connectivity index (χ1v) is 10.00. The van der Waals surface area contributed by atoms with Crippen molar-refractivity contribution in [3.63, 3.8) is 0 Å². The monoisotopic (exact) mass is 386 g/mol. The highest BCUT2D eigenvalue weighted by Crippen LogP contribution is 2.22. The number of amides is 1. The fraction of sp³-hybridized carbons (Fsp3) is 0.250. The number of carbonyl (C=O) groups is 1. The van der Waals surface area contributed by atoms with Gasteiger partial charge in [-0.1, -0.05) is 30.3 Å². The quantitative estimate of drug-likeness (QED) is 0.722. The molecule has 0 unspecified atom stereocenters. The molecule has 3 aromatic rings. The van der Waals surface area contributed by atoms with Crippen LogP contribution in [-0.2, 0) is 0 Å². The van der Waals surface area contributed by atoms with Crippen molar-refractivity contribution in [3.8, 4) is 0 Å². The number of piperazine rings is 1. The van der Waals surface area contributed by atoms with Crippen molar-refractivity contribution in [2.75, 3.05) is 36.4 Å². The fourth-order valence-electron chi connectivity index (χ4n) is 3.63. The lowest BCUT2D eigenvalue weighted by Crippen LogP contribution is -2.48. The molecule has 4 rings (SSSR count). The van der Waals surface area contributed by atoms with Crippen LogP contribution in [0.5, 0.6) is 0 Å². The summed E-state index contributed by atoms with van der Waals surface area (Å²) in [5.41, 5.74) is 5.22. The highest BCUT2D eigenvalue weighted by molar-refractivity contribution is 5.95. The number of aryl methyl sites for hydroxylation is 2. The molecule has 1 aromatic heterocycles. The molecule has 2 aromatic carbocycles. The summed E-state index contributed by atoms with van der Waals surface area (Å²) in [6.45, 7) is 7.24. The summed E-state index contributed by atoms with van der Waals surface area (Å²) in [4.78, 5) is 21.7. The molecule has 0 spiro atoms. The summed E-state index contributed by atoms with van der Waals surface area (Å²) < 4.78 is 0. The molecule has 0 radical (unpaired) electrons. The minimum Gasteiger partial charge on any atom is -0.368 e. The number of pyridine rings is 1. The number of carbonyl (C=O) groups excluding carboxylic acids is 1. The van der Waals surface area contributed by atoms with E-state index in [4.69, 9.17) is 0 Å². The van der Waals surface area contributed by atoms with E-state index in [9.17, 15) is 4.79 Å². The van der Waals surface area contributed by atoms with E-state index in [1.807, 2.05) is 29.2 Å². The third kappa shape index (κ3) is 4.40. The summed E-state index contributed by atoms with van der Waals surface area (Å²) in [5, 5.41) is 3.35. The van der Waals surface area contributed by atoms with Crippen LogP contribution >= 0.6 is 0 Å². The summed E-state index contributed by atoms with van der Waals surface area (Å²) in [5.74, 6) is 0.747. The van der Waals surface area contributed by atoms with Gasteiger partial charge in [0.1, 0.15) is 5.82 Å². The second kappa shape index (κ2) is 8.35. The molecule has 1 amide bonds. The van der Waals surface area contributed by atoms with Gasteiger partial charge in [-0.3, -0.25) is 4.79 Å². The normalized spacial score (nSPS) is 14.0. The molecule has 0 saturated carbocycles. The minimum atomic E-state index is 0.0594. The van der Waals surface area contributed by atoms with Crippen LogP contribution in [0.15, 0.2) is 66.9 Å². The van der Waals surface area contributed by atoms with E-state index in [2.05, 4.69) is 59.4 Å². The Morgan fingerprint density at radius 1 is 0.931 bits per heavy atom. The molecule has 1 aliphatic heterocycles. The molecular formula is C24H26N4O. The number of anilines is 3. The summed E-state index contributed by atoms with van der Waals surface area (Å²) in [6, 6.07) is 20.3. The number of benzene rings is 2. The fourth-order valence-corrected chi connectivity index (χ4v) is 3.63. The van der Waals surface area contributed by atoms with Gasteiger partial charge in [0.25, 0.3) is 5.91 Å². The first kappa shape index (κ1) is 19.0. The molecule has 2 heterocycles. The van der Waals surface area contributed by atoms with E-state index in [-0.39, 0.29) is 5.91 Å². The molecule has 1 aliphatic rings. The van der Waals surface area contributed by atoms with E-state index >= 15 is 0 Å². The SMILES string of the molecule is Cc1ccc(C)c(Nc2cc(C(=O)N3CCN(c4ccccc4)CC3)ccn2)c1. The van der Waals surface area contributed by atoms with Gasteiger partial charge in [-0.25, -0.2) is 4.98 Å². The van der Waals surface area contributed by atoms with Crippen LogP contribution in [0.2, 0.25) is 0 Å². The van der Waals surface area contributed by atoms with E-state index in [0.717, 1.165) is 37.4 Å². The maximum absolute atomic E-state index is 13.0. The topological polar surface area (TPSA) is 48.5 Å². The van der Waals surface area contributed by atoms with E-state index in [0.29, 0.717) is 11.4 Å². The number of aromatic nitrogens is 1. The Kier molecular flexibility index (Phi) is 5.47. The second-order valence-electron chi connectivity index (χ2n) is 7.49. The lowest BCUT2D eigenvalue weighted by atomic mass is 10.1. The summed E-state index contributed by atoms with van der Waals surface area (Å²) in [7, 11) is 0. The van der Waals surface area contributed by atoms with E-state index < -0.39 is 0 Å². The largest absolute Gasteiger partial charge is 0.368 e. The lowest BCUT2D eigenvalue weighted by molar-refractivity contribution is 0.0746. The van der Waals surface area contributed by atoms with Gasteiger partial charge in [0.2, 0.25) is 0 Å². The summed E-state index contributed by atoms with van der Waals surface area (Å²) in [6.07, 6.45) is 1.70. The van der Waals surface area contributed by atoms with Crippen molar-refractivity contribution in [2.24, 2.45) is 0 Å². The predicted octanol–water partition coefficient (Wildman–Crippen LogP) is 4.40. The first-order chi connectivity index (χ1) is 14.1. The van der Waals surface area contributed by atoms with Gasteiger partial charge in [-0.2, -0.15) is 0 Å². The number of hydrogen-bond donors (Lipinski definition) is 1. The van der Waals surface area contributed by atoms with Crippen LogP contribution in [0.25, 0.3) is 0 Å². The molecule has 1 N–H and O–H groups in total. The number of hydrogen-bond acceptors (Lipinski definition) is 4. The number of rotatable bonds is 4. The van der Waals surface area contributed by atoms with E-state index in [1.165, 1.54) is 11.3 Å². The number of nitrogens with zero attached hydrogens (tertiary/aromatic N) is 3. The Hall–Kier alpha value is -3.34. The predicted molar refractivity (Wildman–Crippen MR) is 118 cm³/mol. The van der Waals surface area contributed by atoms with Crippen LogP contribution in [0.3, 0.4) is 0 Å². The number of nitrogens with one attached hydrogen (secondary N) is 1. The highest BCUT2D eigenvalue weighted by atomic mass is 16.2.